The van der Waals surface area contributed by atoms with E-state index in [0.717, 1.165) is 33.1 Å². The number of ketones is 1. The van der Waals surface area contributed by atoms with E-state index in [4.69, 9.17) is 9.47 Å². The van der Waals surface area contributed by atoms with Gasteiger partial charge in [0, 0.05) is 10.5 Å². The molecule has 1 atom stereocenters. The van der Waals surface area contributed by atoms with Crippen molar-refractivity contribution in [2.45, 2.75) is 38.2 Å². The van der Waals surface area contributed by atoms with E-state index < -0.39 is 0 Å². The van der Waals surface area contributed by atoms with Crippen molar-refractivity contribution in [3.63, 3.8) is 0 Å². The summed E-state index contributed by atoms with van der Waals surface area (Å²) in [6.45, 7) is 6.64. The first kappa shape index (κ1) is 17.6. The van der Waals surface area contributed by atoms with Gasteiger partial charge in [-0.25, -0.2) is 0 Å². The van der Waals surface area contributed by atoms with Crippen LogP contribution in [-0.2, 0) is 0 Å². The quantitative estimate of drug-likeness (QED) is 0.633. The lowest BCUT2D eigenvalue weighted by molar-refractivity contribution is 0.104. The molecule has 0 saturated carbocycles. The van der Waals surface area contributed by atoms with E-state index in [2.05, 4.69) is 6.92 Å². The maximum Gasteiger partial charge on any atom is 0.200 e. The molecule has 0 spiro atoms. The first-order chi connectivity index (χ1) is 12.1. The van der Waals surface area contributed by atoms with E-state index in [1.165, 1.54) is 11.8 Å². The lowest BCUT2D eigenvalue weighted by Crippen LogP contribution is -2.10. The summed E-state index contributed by atoms with van der Waals surface area (Å²) in [6, 6.07) is 13.5. The molecule has 0 radical (unpaired) electrons. The van der Waals surface area contributed by atoms with Crippen molar-refractivity contribution in [1.29, 1.82) is 0 Å². The van der Waals surface area contributed by atoms with Crippen LogP contribution in [0.3, 0.4) is 0 Å². The summed E-state index contributed by atoms with van der Waals surface area (Å²) < 4.78 is 11.7. The molecule has 2 aromatic rings. The number of benzene rings is 2. The largest absolute Gasteiger partial charge is 0.490 e. The first-order valence-corrected chi connectivity index (χ1v) is 9.40. The number of ether oxygens (including phenoxy) is 2. The van der Waals surface area contributed by atoms with E-state index in [9.17, 15) is 4.79 Å². The highest BCUT2D eigenvalue weighted by molar-refractivity contribution is 8.04. The Morgan fingerprint density at radius 1 is 1.12 bits per heavy atom. The number of thioether (sulfide) groups is 1. The molecule has 130 valence electrons. The van der Waals surface area contributed by atoms with Gasteiger partial charge < -0.3 is 9.47 Å². The smallest absolute Gasteiger partial charge is 0.200 e. The number of fused-ring (bicyclic) bond motifs is 1. The molecule has 25 heavy (non-hydrogen) atoms. The van der Waals surface area contributed by atoms with Crippen molar-refractivity contribution >= 4 is 23.6 Å². The molecule has 1 heterocycles. The predicted octanol–water partition coefficient (Wildman–Crippen LogP) is 5.59. The molecule has 0 aliphatic carbocycles. The fourth-order valence-corrected chi connectivity index (χ4v) is 3.62. The summed E-state index contributed by atoms with van der Waals surface area (Å²) in [6.07, 6.45) is 2.98. The number of Topliss-reactive ketones (excluding diaryl/α,β-unsaturated/α-hetero) is 1. The minimum Gasteiger partial charge on any atom is -0.490 e. The molecule has 1 aliphatic rings. The van der Waals surface area contributed by atoms with Crippen molar-refractivity contribution < 1.29 is 14.3 Å². The molecule has 0 aromatic heterocycles. The lowest BCUT2D eigenvalue weighted by atomic mass is 10.1. The number of hydrogen-bond acceptors (Lipinski definition) is 4. The zero-order valence-electron chi connectivity index (χ0n) is 14.7. The Kier molecular flexibility index (Phi) is 5.49. The highest BCUT2D eigenvalue weighted by Gasteiger charge is 2.25. The molecule has 0 saturated heterocycles. The summed E-state index contributed by atoms with van der Waals surface area (Å²) >= 11 is 1.52. The number of carbonyl (C=O) groups is 1. The Morgan fingerprint density at radius 2 is 1.92 bits per heavy atom. The summed E-state index contributed by atoms with van der Waals surface area (Å²) in [5, 5.41) is 0. The number of allylic oxidation sites excluding steroid dienone is 1. The predicted molar refractivity (Wildman–Crippen MR) is 103 cm³/mol. The molecule has 1 aliphatic heterocycles. The normalized spacial score (nSPS) is 16.0. The maximum atomic E-state index is 12.5. The summed E-state index contributed by atoms with van der Waals surface area (Å²) in [7, 11) is 0. The second kappa shape index (κ2) is 7.79. The van der Waals surface area contributed by atoms with Gasteiger partial charge in [-0.3, -0.25) is 4.79 Å². The summed E-state index contributed by atoms with van der Waals surface area (Å²) in [5.41, 5.74) is 1.71. The van der Waals surface area contributed by atoms with Crippen molar-refractivity contribution in [2.24, 2.45) is 0 Å². The molecular weight excluding hydrogens is 332 g/mol. The standard InChI is InChI=1S/C21H22O3S/c1-4-14(3)24-17-11-10-15(12-18(17)23-5-2)13-20-21(22)16-8-6-7-9-19(16)25-20/h6-14H,4-5H2,1-3H3/b20-13-/t14-/m1/s1. The summed E-state index contributed by atoms with van der Waals surface area (Å²) in [5.74, 6) is 1.54. The molecule has 4 heteroatoms. The van der Waals surface area contributed by atoms with Crippen LogP contribution in [0.4, 0.5) is 0 Å². The van der Waals surface area contributed by atoms with E-state index in [1.807, 2.05) is 62.4 Å². The number of rotatable bonds is 6. The highest BCUT2D eigenvalue weighted by atomic mass is 32.2. The van der Waals surface area contributed by atoms with Crippen LogP contribution in [0.5, 0.6) is 11.5 Å². The van der Waals surface area contributed by atoms with Crippen LogP contribution < -0.4 is 9.47 Å². The van der Waals surface area contributed by atoms with Gasteiger partial charge in [0.1, 0.15) is 0 Å². The Balaban J connectivity index is 1.88. The fourth-order valence-electron chi connectivity index (χ4n) is 2.57. The third kappa shape index (κ3) is 3.90. The van der Waals surface area contributed by atoms with Crippen LogP contribution in [0.2, 0.25) is 0 Å². The van der Waals surface area contributed by atoms with Crippen molar-refractivity contribution in [3.8, 4) is 11.5 Å². The monoisotopic (exact) mass is 354 g/mol. The van der Waals surface area contributed by atoms with E-state index in [0.29, 0.717) is 12.4 Å². The van der Waals surface area contributed by atoms with Crippen molar-refractivity contribution in [3.05, 3.63) is 58.5 Å². The molecular formula is C21H22O3S. The lowest BCUT2D eigenvalue weighted by Gasteiger charge is -2.16. The Morgan fingerprint density at radius 3 is 2.64 bits per heavy atom. The Labute approximate surface area is 153 Å². The summed E-state index contributed by atoms with van der Waals surface area (Å²) in [4.78, 5) is 14.3. The van der Waals surface area contributed by atoms with Crippen LogP contribution in [0.1, 0.15) is 43.1 Å². The second-order valence-corrected chi connectivity index (χ2v) is 7.00. The zero-order chi connectivity index (χ0) is 17.8. The van der Waals surface area contributed by atoms with E-state index >= 15 is 0 Å². The van der Waals surface area contributed by atoms with Gasteiger partial charge >= 0.3 is 0 Å². The van der Waals surface area contributed by atoms with Gasteiger partial charge in [-0.1, -0.05) is 36.9 Å². The third-order valence-corrected chi connectivity index (χ3v) is 5.14. The molecule has 3 nitrogen and oxygen atoms in total. The molecule has 2 aromatic carbocycles. The van der Waals surface area contributed by atoms with Crippen LogP contribution in [-0.4, -0.2) is 18.5 Å². The van der Waals surface area contributed by atoms with E-state index in [1.54, 1.807) is 0 Å². The Bertz CT molecular complexity index is 811. The minimum atomic E-state index is 0.0819. The fraction of sp³-hybridized carbons (Fsp3) is 0.286. The van der Waals surface area contributed by atoms with Gasteiger partial charge in [0.2, 0.25) is 5.78 Å². The van der Waals surface area contributed by atoms with Crippen molar-refractivity contribution in [2.75, 3.05) is 6.61 Å². The van der Waals surface area contributed by atoms with Crippen LogP contribution in [0.15, 0.2) is 52.3 Å². The van der Waals surface area contributed by atoms with E-state index in [-0.39, 0.29) is 11.9 Å². The first-order valence-electron chi connectivity index (χ1n) is 8.59. The molecule has 0 fully saturated rings. The maximum absolute atomic E-state index is 12.5. The third-order valence-electron chi connectivity index (χ3n) is 4.04. The molecule has 0 N–H and O–H groups in total. The van der Waals surface area contributed by atoms with Gasteiger partial charge in [-0.05, 0) is 56.2 Å². The molecule has 0 unspecified atom stereocenters. The zero-order valence-corrected chi connectivity index (χ0v) is 15.6. The Hall–Kier alpha value is -2.20. The van der Waals surface area contributed by atoms with Gasteiger partial charge in [-0.2, -0.15) is 0 Å². The second-order valence-electron chi connectivity index (χ2n) is 5.91. The highest BCUT2D eigenvalue weighted by Crippen LogP contribution is 2.41. The average Bonchev–Trinajstić information content (AvgIpc) is 2.93. The van der Waals surface area contributed by atoms with Gasteiger partial charge in [-0.15, -0.1) is 0 Å². The van der Waals surface area contributed by atoms with Crippen LogP contribution in [0.25, 0.3) is 6.08 Å². The molecule has 0 bridgehead atoms. The number of hydrogen-bond donors (Lipinski definition) is 0. The minimum absolute atomic E-state index is 0.0819. The van der Waals surface area contributed by atoms with Gasteiger partial charge in [0.15, 0.2) is 11.5 Å². The topological polar surface area (TPSA) is 35.5 Å². The van der Waals surface area contributed by atoms with Gasteiger partial charge in [0.25, 0.3) is 0 Å². The molecule has 0 amide bonds. The molecule has 3 rings (SSSR count). The number of carbonyl (C=O) groups excluding carboxylic acids is 1. The van der Waals surface area contributed by atoms with Gasteiger partial charge in [0.05, 0.1) is 17.6 Å². The average molecular weight is 354 g/mol. The van der Waals surface area contributed by atoms with Crippen LogP contribution >= 0.6 is 11.8 Å². The SMILES string of the molecule is CCOc1cc(/C=C2\Sc3ccccc3C2=O)ccc1O[C@H](C)CC. The van der Waals surface area contributed by atoms with Crippen molar-refractivity contribution in [1.82, 2.24) is 0 Å². The van der Waals surface area contributed by atoms with Crippen LogP contribution in [0, 0.1) is 0 Å².